The number of pyridine rings is 2. The number of fused-ring (bicyclic) bond motifs is 2. The largest absolute Gasteiger partial charge is 0.474 e. The molecule has 194 valence electrons. The quantitative estimate of drug-likeness (QED) is 0.456. The monoisotopic (exact) mass is 508 g/mol. The van der Waals surface area contributed by atoms with E-state index in [1.165, 1.54) is 6.20 Å². The van der Waals surface area contributed by atoms with Gasteiger partial charge in [0.2, 0.25) is 5.88 Å². The van der Waals surface area contributed by atoms with Crippen molar-refractivity contribution in [2.24, 2.45) is 0 Å². The van der Waals surface area contributed by atoms with Gasteiger partial charge in [-0.25, -0.2) is 19.2 Å². The molecule has 1 aromatic carbocycles. The summed E-state index contributed by atoms with van der Waals surface area (Å²) in [5, 5.41) is 7.02. The van der Waals surface area contributed by atoms with Crippen LogP contribution in [0.3, 0.4) is 0 Å². The molecule has 0 unspecified atom stereocenters. The van der Waals surface area contributed by atoms with Crippen LogP contribution in [-0.2, 0) is 9.47 Å². The fourth-order valence-corrected chi connectivity index (χ4v) is 5.55. The summed E-state index contributed by atoms with van der Waals surface area (Å²) in [5.74, 6) is 0.220. The maximum absolute atomic E-state index is 15.4. The number of carbonyl (C=O) groups is 1. The lowest BCUT2D eigenvalue weighted by Crippen LogP contribution is -2.32. The van der Waals surface area contributed by atoms with Crippen molar-refractivity contribution in [2.45, 2.75) is 31.5 Å². The Morgan fingerprint density at radius 3 is 3.00 bits per heavy atom. The highest BCUT2D eigenvalue weighted by Gasteiger charge is 2.45. The molecule has 2 aromatic heterocycles. The molecule has 3 aliphatic heterocycles. The number of anilines is 3. The van der Waals surface area contributed by atoms with E-state index >= 15 is 4.39 Å². The number of hydrogen-bond acceptors (Lipinski definition) is 9. The van der Waals surface area contributed by atoms with E-state index < -0.39 is 11.9 Å². The molecule has 0 saturated carbocycles. The third kappa shape index (κ3) is 4.27. The van der Waals surface area contributed by atoms with Gasteiger partial charge in [-0.3, -0.25) is 5.32 Å². The zero-order chi connectivity index (χ0) is 25.7. The van der Waals surface area contributed by atoms with Gasteiger partial charge in [0.25, 0.3) is 0 Å². The number of ether oxygens (including phenoxy) is 3. The van der Waals surface area contributed by atoms with Crippen molar-refractivity contribution in [3.63, 3.8) is 0 Å². The summed E-state index contributed by atoms with van der Waals surface area (Å²) >= 11 is 0. The number of benzene rings is 1. The number of halogens is 1. The highest BCUT2D eigenvalue weighted by Crippen LogP contribution is 2.40. The van der Waals surface area contributed by atoms with Crippen molar-refractivity contribution < 1.29 is 23.4 Å². The van der Waals surface area contributed by atoms with Crippen LogP contribution < -0.4 is 21.1 Å². The Labute approximate surface area is 213 Å². The standard InChI is InChI=1S/C26H29FN6O4/c1-14-18(10-31-24-23(14)29-4-6-35-24)17-7-15-8-20(30-11-19(15)22(28)21(17)27)32-25(34)37-16-9-26(36-12-16)3-5-33(2)13-26/h7-8,10-11,16,29H,3-6,9,12-13,28H2,1-2H3,(H,30,32,34)/t16-,26-/m1/s1. The van der Waals surface area contributed by atoms with Gasteiger partial charge in [0.15, 0.2) is 5.82 Å². The van der Waals surface area contributed by atoms with Crippen LogP contribution >= 0.6 is 0 Å². The summed E-state index contributed by atoms with van der Waals surface area (Å²) in [6.07, 6.45) is 3.70. The SMILES string of the molecule is Cc1c(-c2cc3cc(NC(=O)O[C@H]4CO[C@]5(CCN(C)C5)C4)ncc3c(N)c2F)cnc2c1NCCO2. The molecule has 4 N–H and O–H groups in total. The number of amides is 1. The predicted molar refractivity (Wildman–Crippen MR) is 137 cm³/mol. The van der Waals surface area contributed by atoms with Crippen molar-refractivity contribution in [1.29, 1.82) is 0 Å². The first-order chi connectivity index (χ1) is 17.8. The molecule has 1 amide bonds. The topological polar surface area (TPSA) is 124 Å². The zero-order valence-electron chi connectivity index (χ0n) is 20.8. The van der Waals surface area contributed by atoms with Gasteiger partial charge in [-0.2, -0.15) is 0 Å². The number of nitrogens with zero attached hydrogens (tertiary/aromatic N) is 3. The minimum Gasteiger partial charge on any atom is -0.474 e. The zero-order valence-corrected chi connectivity index (χ0v) is 20.8. The molecule has 6 rings (SSSR count). The molecule has 10 nitrogen and oxygen atoms in total. The number of nitrogens with two attached hydrogens (primary N) is 1. The van der Waals surface area contributed by atoms with Crippen LogP contribution in [0.2, 0.25) is 0 Å². The van der Waals surface area contributed by atoms with Crippen LogP contribution in [0.25, 0.3) is 21.9 Å². The normalized spacial score (nSPS) is 23.1. The number of carbonyl (C=O) groups excluding carboxylic acids is 1. The number of aromatic nitrogens is 2. The second kappa shape index (κ2) is 9.00. The number of likely N-dealkylation sites (N-methyl/N-ethyl adjacent to an activating group) is 1. The Hall–Kier alpha value is -3.70. The first kappa shape index (κ1) is 23.7. The number of rotatable bonds is 3. The fourth-order valence-electron chi connectivity index (χ4n) is 5.55. The van der Waals surface area contributed by atoms with Crippen LogP contribution in [0.1, 0.15) is 18.4 Å². The molecule has 0 bridgehead atoms. The van der Waals surface area contributed by atoms with Gasteiger partial charge < -0.3 is 30.2 Å². The molecule has 5 heterocycles. The van der Waals surface area contributed by atoms with Gasteiger partial charge in [-0.15, -0.1) is 0 Å². The first-order valence-corrected chi connectivity index (χ1v) is 12.4. The van der Waals surface area contributed by atoms with Gasteiger partial charge in [0.05, 0.1) is 17.9 Å². The Balaban J connectivity index is 1.24. The Morgan fingerprint density at radius 1 is 1.32 bits per heavy atom. The predicted octanol–water partition coefficient (Wildman–Crippen LogP) is 3.54. The number of likely N-dealkylation sites (tertiary alicyclic amines) is 1. The van der Waals surface area contributed by atoms with Crippen molar-refractivity contribution in [2.75, 3.05) is 56.3 Å². The molecule has 11 heteroatoms. The van der Waals surface area contributed by atoms with Crippen molar-refractivity contribution >= 4 is 34.1 Å². The van der Waals surface area contributed by atoms with Gasteiger partial charge >= 0.3 is 6.09 Å². The molecule has 2 fully saturated rings. The summed E-state index contributed by atoms with van der Waals surface area (Å²) in [4.78, 5) is 23.4. The van der Waals surface area contributed by atoms with Gasteiger partial charge in [0.1, 0.15) is 24.2 Å². The average molecular weight is 509 g/mol. The Morgan fingerprint density at radius 2 is 2.19 bits per heavy atom. The molecular formula is C26H29FN6O4. The van der Waals surface area contributed by atoms with Gasteiger partial charge in [-0.05, 0) is 43.5 Å². The lowest BCUT2D eigenvalue weighted by atomic mass is 9.97. The lowest BCUT2D eigenvalue weighted by Gasteiger charge is -2.22. The summed E-state index contributed by atoms with van der Waals surface area (Å²) in [6.45, 7) is 5.23. The highest BCUT2D eigenvalue weighted by molar-refractivity contribution is 5.99. The summed E-state index contributed by atoms with van der Waals surface area (Å²) in [5.41, 5.74) is 8.36. The summed E-state index contributed by atoms with van der Waals surface area (Å²) in [6, 6.07) is 3.33. The van der Waals surface area contributed by atoms with Crippen molar-refractivity contribution in [3.8, 4) is 17.0 Å². The number of nitrogen functional groups attached to an aromatic ring is 1. The minimum atomic E-state index is -0.611. The third-order valence-electron chi connectivity index (χ3n) is 7.42. The van der Waals surface area contributed by atoms with Crippen LogP contribution in [0.5, 0.6) is 5.88 Å². The Bertz CT molecular complexity index is 1400. The maximum Gasteiger partial charge on any atom is 0.413 e. The van der Waals surface area contributed by atoms with E-state index in [1.54, 1.807) is 18.3 Å². The number of nitrogens with one attached hydrogen (secondary N) is 2. The van der Waals surface area contributed by atoms with E-state index in [0.29, 0.717) is 54.0 Å². The molecule has 3 aliphatic rings. The van der Waals surface area contributed by atoms with E-state index in [-0.39, 0.29) is 23.2 Å². The number of hydrogen-bond donors (Lipinski definition) is 3. The van der Waals surface area contributed by atoms with E-state index in [2.05, 4.69) is 32.5 Å². The molecular weight excluding hydrogens is 479 g/mol. The second-order valence-electron chi connectivity index (χ2n) is 10.0. The smallest absolute Gasteiger partial charge is 0.413 e. The highest BCUT2D eigenvalue weighted by atomic mass is 19.1. The first-order valence-electron chi connectivity index (χ1n) is 12.4. The van der Waals surface area contributed by atoms with Crippen LogP contribution in [-0.4, -0.2) is 72.6 Å². The van der Waals surface area contributed by atoms with Gasteiger partial charge in [-0.1, -0.05) is 0 Å². The van der Waals surface area contributed by atoms with E-state index in [0.717, 1.165) is 30.8 Å². The molecule has 1 spiro atoms. The van der Waals surface area contributed by atoms with Crippen LogP contribution in [0.15, 0.2) is 24.5 Å². The van der Waals surface area contributed by atoms with E-state index in [4.69, 9.17) is 19.9 Å². The van der Waals surface area contributed by atoms with E-state index in [1.807, 2.05) is 6.92 Å². The van der Waals surface area contributed by atoms with Crippen LogP contribution in [0.4, 0.5) is 26.4 Å². The van der Waals surface area contributed by atoms with E-state index in [9.17, 15) is 4.79 Å². The second-order valence-corrected chi connectivity index (χ2v) is 10.0. The Kier molecular flexibility index (Phi) is 5.76. The molecule has 2 saturated heterocycles. The van der Waals surface area contributed by atoms with Gasteiger partial charge in [0, 0.05) is 55.0 Å². The minimum absolute atomic E-state index is 0.0228. The van der Waals surface area contributed by atoms with Crippen molar-refractivity contribution in [3.05, 3.63) is 35.9 Å². The lowest BCUT2D eigenvalue weighted by molar-refractivity contribution is 0.00999. The molecule has 3 aromatic rings. The third-order valence-corrected chi connectivity index (χ3v) is 7.42. The average Bonchev–Trinajstić information content (AvgIpc) is 3.45. The maximum atomic E-state index is 15.4. The molecule has 0 aliphatic carbocycles. The molecule has 2 atom stereocenters. The summed E-state index contributed by atoms with van der Waals surface area (Å²) < 4.78 is 32.6. The molecule has 0 radical (unpaired) electrons. The fraction of sp³-hybridized carbons (Fsp3) is 0.423. The summed E-state index contributed by atoms with van der Waals surface area (Å²) in [7, 11) is 2.06. The molecule has 37 heavy (non-hydrogen) atoms. The van der Waals surface area contributed by atoms with Crippen LogP contribution in [0, 0.1) is 12.7 Å². The van der Waals surface area contributed by atoms with Crippen molar-refractivity contribution in [1.82, 2.24) is 14.9 Å².